The number of carbonyl (C=O) groups is 2. The Hall–Kier alpha value is -3.69. The maximum Gasteiger partial charge on any atom is 0.304 e. The van der Waals surface area contributed by atoms with Crippen molar-refractivity contribution in [2.75, 3.05) is 24.9 Å². The van der Waals surface area contributed by atoms with Crippen LogP contribution in [0.1, 0.15) is 42.5 Å². The van der Waals surface area contributed by atoms with E-state index < -0.39 is 28.7 Å². The van der Waals surface area contributed by atoms with Crippen LogP contribution in [0.2, 0.25) is 0 Å². The molecule has 220 valence electrons. The van der Waals surface area contributed by atoms with E-state index in [1.807, 2.05) is 100 Å². The Morgan fingerprint density at radius 2 is 1.46 bits per heavy atom. The molecule has 0 fully saturated rings. The normalized spacial score (nSPS) is 13.0. The zero-order chi connectivity index (χ0) is 30.2. The summed E-state index contributed by atoms with van der Waals surface area (Å²) in [6.07, 6.45) is 1.02. The van der Waals surface area contributed by atoms with Gasteiger partial charge in [0, 0.05) is 33.1 Å². The van der Waals surface area contributed by atoms with Gasteiger partial charge < -0.3 is 10.2 Å². The summed E-state index contributed by atoms with van der Waals surface area (Å²) in [6.45, 7) is 7.29. The molecule has 0 saturated heterocycles. The summed E-state index contributed by atoms with van der Waals surface area (Å²) in [5, 5.41) is 3.05. The van der Waals surface area contributed by atoms with Gasteiger partial charge in [-0.05, 0) is 55.5 Å². The van der Waals surface area contributed by atoms with Crippen LogP contribution in [-0.4, -0.2) is 62.2 Å². The number of amides is 2. The smallest absolute Gasteiger partial charge is 0.304 e. The highest BCUT2D eigenvalue weighted by Gasteiger charge is 2.35. The third kappa shape index (κ3) is 8.41. The number of rotatable bonds is 13. The summed E-state index contributed by atoms with van der Waals surface area (Å²) in [5.74, 6) is -0.748. The van der Waals surface area contributed by atoms with Crippen molar-refractivity contribution in [2.24, 2.45) is 0 Å². The number of anilines is 1. The molecule has 3 aromatic rings. The SMILES string of the molecule is CC[C@@H](C)NC(=O)[C@@H](Cc1ccccc1)N(Cc1ccccc1)C(=O)CN(c1cc(C)ccc1C)S(=O)(=O)N(C)C. The number of aryl methyl sites for hydroxylation is 2. The second-order valence-electron chi connectivity index (χ2n) is 10.6. The minimum Gasteiger partial charge on any atom is -0.352 e. The molecule has 1 N–H and O–H groups in total. The number of nitrogens with zero attached hydrogens (tertiary/aromatic N) is 3. The Kier molecular flexibility index (Phi) is 11.1. The molecule has 0 unspecified atom stereocenters. The van der Waals surface area contributed by atoms with Gasteiger partial charge in [-0.25, -0.2) is 4.31 Å². The van der Waals surface area contributed by atoms with E-state index in [2.05, 4.69) is 5.32 Å². The molecule has 2 amide bonds. The van der Waals surface area contributed by atoms with E-state index in [4.69, 9.17) is 0 Å². The molecule has 3 rings (SSSR count). The fraction of sp³-hybridized carbons (Fsp3) is 0.375. The molecule has 0 aliphatic rings. The fourth-order valence-electron chi connectivity index (χ4n) is 4.47. The van der Waals surface area contributed by atoms with Crippen LogP contribution in [0.4, 0.5) is 5.69 Å². The molecular formula is C32H42N4O4S. The van der Waals surface area contributed by atoms with Crippen molar-refractivity contribution >= 4 is 27.7 Å². The first-order chi connectivity index (χ1) is 19.4. The number of nitrogens with one attached hydrogen (secondary N) is 1. The van der Waals surface area contributed by atoms with Crippen molar-refractivity contribution in [3.8, 4) is 0 Å². The van der Waals surface area contributed by atoms with Gasteiger partial charge in [0.15, 0.2) is 0 Å². The van der Waals surface area contributed by atoms with Crippen LogP contribution in [0.3, 0.4) is 0 Å². The Labute approximate surface area is 245 Å². The second-order valence-corrected chi connectivity index (χ2v) is 12.7. The molecule has 41 heavy (non-hydrogen) atoms. The zero-order valence-electron chi connectivity index (χ0n) is 24.9. The van der Waals surface area contributed by atoms with E-state index >= 15 is 0 Å². The van der Waals surface area contributed by atoms with Gasteiger partial charge in [0.05, 0.1) is 5.69 Å². The first-order valence-corrected chi connectivity index (χ1v) is 15.3. The molecule has 0 radical (unpaired) electrons. The molecule has 0 spiro atoms. The average Bonchev–Trinajstić information content (AvgIpc) is 2.95. The summed E-state index contributed by atoms with van der Waals surface area (Å²) in [6, 6.07) is 23.5. The van der Waals surface area contributed by atoms with Gasteiger partial charge in [-0.1, -0.05) is 79.7 Å². The van der Waals surface area contributed by atoms with Gasteiger partial charge in [0.1, 0.15) is 12.6 Å². The lowest BCUT2D eigenvalue weighted by Gasteiger charge is -2.35. The largest absolute Gasteiger partial charge is 0.352 e. The van der Waals surface area contributed by atoms with E-state index in [0.717, 1.165) is 37.3 Å². The van der Waals surface area contributed by atoms with Crippen LogP contribution in [0.5, 0.6) is 0 Å². The summed E-state index contributed by atoms with van der Waals surface area (Å²) in [5.41, 5.74) is 3.75. The second kappa shape index (κ2) is 14.3. The highest BCUT2D eigenvalue weighted by molar-refractivity contribution is 7.90. The summed E-state index contributed by atoms with van der Waals surface area (Å²) in [7, 11) is -1.16. The van der Waals surface area contributed by atoms with Gasteiger partial charge in [-0.15, -0.1) is 0 Å². The standard InChI is InChI=1S/C32H42N4O4S/c1-7-26(4)33-32(38)30(21-27-14-10-8-11-15-27)35(22-28-16-12-9-13-17-28)31(37)23-36(41(39,40)34(5)6)29-20-24(2)18-19-25(29)3/h8-20,26,30H,7,21-23H2,1-6H3,(H,33,38)/t26-,30-/m1/s1. The maximum atomic E-state index is 14.3. The topological polar surface area (TPSA) is 90.0 Å². The molecule has 0 bridgehead atoms. The first-order valence-electron chi connectivity index (χ1n) is 13.9. The summed E-state index contributed by atoms with van der Waals surface area (Å²) < 4.78 is 29.4. The molecule has 9 heteroatoms. The maximum absolute atomic E-state index is 14.3. The Bertz CT molecular complexity index is 1410. The molecule has 0 aromatic heterocycles. The Morgan fingerprint density at radius 1 is 0.878 bits per heavy atom. The van der Waals surface area contributed by atoms with Crippen molar-refractivity contribution in [3.63, 3.8) is 0 Å². The number of hydrogen-bond donors (Lipinski definition) is 1. The number of benzene rings is 3. The van der Waals surface area contributed by atoms with Gasteiger partial charge >= 0.3 is 10.2 Å². The van der Waals surface area contributed by atoms with E-state index in [9.17, 15) is 18.0 Å². The average molecular weight is 579 g/mol. The minimum atomic E-state index is -4.04. The van der Waals surface area contributed by atoms with E-state index in [-0.39, 0.29) is 24.9 Å². The predicted molar refractivity (Wildman–Crippen MR) is 165 cm³/mol. The van der Waals surface area contributed by atoms with Crippen LogP contribution in [0, 0.1) is 13.8 Å². The van der Waals surface area contributed by atoms with Crippen molar-refractivity contribution < 1.29 is 18.0 Å². The minimum absolute atomic E-state index is 0.0880. The molecule has 3 aromatic carbocycles. The molecular weight excluding hydrogens is 536 g/mol. The zero-order valence-corrected chi connectivity index (χ0v) is 25.7. The van der Waals surface area contributed by atoms with Gasteiger partial charge in [0.2, 0.25) is 11.8 Å². The summed E-state index contributed by atoms with van der Waals surface area (Å²) in [4.78, 5) is 29.6. The molecule has 2 atom stereocenters. The highest BCUT2D eigenvalue weighted by Crippen LogP contribution is 2.26. The van der Waals surface area contributed by atoms with E-state index in [0.29, 0.717) is 5.69 Å². The highest BCUT2D eigenvalue weighted by atomic mass is 32.2. The molecule has 0 saturated carbocycles. The quantitative estimate of drug-likeness (QED) is 0.324. The van der Waals surface area contributed by atoms with Gasteiger partial charge in [0.25, 0.3) is 0 Å². The Balaban J connectivity index is 2.11. The third-order valence-electron chi connectivity index (χ3n) is 7.12. The number of hydrogen-bond acceptors (Lipinski definition) is 4. The van der Waals surface area contributed by atoms with Crippen LogP contribution in [-0.2, 0) is 32.8 Å². The molecule has 0 heterocycles. The fourth-order valence-corrected chi connectivity index (χ4v) is 5.58. The van der Waals surface area contributed by atoms with Crippen LogP contribution >= 0.6 is 0 Å². The molecule has 8 nitrogen and oxygen atoms in total. The van der Waals surface area contributed by atoms with Crippen molar-refractivity contribution in [2.45, 2.75) is 59.2 Å². The van der Waals surface area contributed by atoms with Crippen molar-refractivity contribution in [1.82, 2.24) is 14.5 Å². The number of carbonyl (C=O) groups excluding carboxylic acids is 2. The third-order valence-corrected chi connectivity index (χ3v) is 8.93. The lowest BCUT2D eigenvalue weighted by atomic mass is 10.0. The van der Waals surface area contributed by atoms with Crippen LogP contribution in [0.25, 0.3) is 0 Å². The first kappa shape index (κ1) is 31.8. The lowest BCUT2D eigenvalue weighted by molar-refractivity contribution is -0.140. The summed E-state index contributed by atoms with van der Waals surface area (Å²) >= 11 is 0. The monoisotopic (exact) mass is 578 g/mol. The Morgan fingerprint density at radius 3 is 2.02 bits per heavy atom. The predicted octanol–water partition coefficient (Wildman–Crippen LogP) is 4.47. The van der Waals surface area contributed by atoms with Crippen molar-refractivity contribution in [1.29, 1.82) is 0 Å². The van der Waals surface area contributed by atoms with Gasteiger partial charge in [-0.3, -0.25) is 9.59 Å². The lowest BCUT2D eigenvalue weighted by Crippen LogP contribution is -2.55. The van der Waals surface area contributed by atoms with Crippen molar-refractivity contribution in [3.05, 3.63) is 101 Å². The molecule has 0 aliphatic heterocycles. The molecule has 0 aliphatic carbocycles. The van der Waals surface area contributed by atoms with E-state index in [1.54, 1.807) is 6.07 Å². The van der Waals surface area contributed by atoms with Gasteiger partial charge in [-0.2, -0.15) is 12.7 Å². The van der Waals surface area contributed by atoms with Crippen LogP contribution in [0.15, 0.2) is 78.9 Å². The van der Waals surface area contributed by atoms with Crippen LogP contribution < -0.4 is 9.62 Å². The van der Waals surface area contributed by atoms with E-state index in [1.165, 1.54) is 19.0 Å².